The first-order chi connectivity index (χ1) is 5.22. The van der Waals surface area contributed by atoms with E-state index in [0.29, 0.717) is 12.0 Å². The van der Waals surface area contributed by atoms with Gasteiger partial charge in [0.1, 0.15) is 0 Å². The molecular formula is C9H16O2. The van der Waals surface area contributed by atoms with Crippen molar-refractivity contribution >= 4 is 0 Å². The number of hydrogen-bond donors (Lipinski definition) is 0. The maximum absolute atomic E-state index is 5.82. The molecule has 1 saturated heterocycles. The standard InChI is InChI=1S/C9H16O2/c1-7(2)8-6-10-9(11-8)4-3-5-9/h7-8H,3-6H2,1-2H3. The van der Waals surface area contributed by atoms with Gasteiger partial charge in [0, 0.05) is 12.8 Å². The molecule has 1 unspecified atom stereocenters. The molecule has 1 spiro atoms. The van der Waals surface area contributed by atoms with E-state index in [-0.39, 0.29) is 5.79 Å². The average molecular weight is 156 g/mol. The van der Waals surface area contributed by atoms with E-state index < -0.39 is 0 Å². The van der Waals surface area contributed by atoms with Crippen LogP contribution in [0.1, 0.15) is 33.1 Å². The number of hydrogen-bond acceptors (Lipinski definition) is 2. The van der Waals surface area contributed by atoms with Crippen LogP contribution < -0.4 is 0 Å². The molecule has 11 heavy (non-hydrogen) atoms. The van der Waals surface area contributed by atoms with E-state index in [1.165, 1.54) is 6.42 Å². The quantitative estimate of drug-likeness (QED) is 0.577. The Hall–Kier alpha value is -0.0800. The van der Waals surface area contributed by atoms with Crippen LogP contribution in [0.2, 0.25) is 0 Å². The maximum atomic E-state index is 5.82. The van der Waals surface area contributed by atoms with Crippen LogP contribution in [0.25, 0.3) is 0 Å². The van der Waals surface area contributed by atoms with Crippen molar-refractivity contribution in [3.05, 3.63) is 0 Å². The topological polar surface area (TPSA) is 18.5 Å². The summed E-state index contributed by atoms with van der Waals surface area (Å²) in [6, 6.07) is 0. The van der Waals surface area contributed by atoms with Gasteiger partial charge in [-0.15, -0.1) is 0 Å². The third kappa shape index (κ3) is 1.18. The Morgan fingerprint density at radius 2 is 2.09 bits per heavy atom. The second-order valence-corrected chi connectivity index (χ2v) is 3.98. The molecule has 0 N–H and O–H groups in total. The van der Waals surface area contributed by atoms with Crippen molar-refractivity contribution in [2.24, 2.45) is 5.92 Å². The molecule has 1 atom stereocenters. The van der Waals surface area contributed by atoms with Gasteiger partial charge in [-0.1, -0.05) is 13.8 Å². The van der Waals surface area contributed by atoms with Crippen molar-refractivity contribution in [1.82, 2.24) is 0 Å². The van der Waals surface area contributed by atoms with E-state index >= 15 is 0 Å². The van der Waals surface area contributed by atoms with Crippen LogP contribution in [0.5, 0.6) is 0 Å². The molecule has 2 rings (SSSR count). The van der Waals surface area contributed by atoms with Gasteiger partial charge in [0.05, 0.1) is 12.7 Å². The Morgan fingerprint density at radius 3 is 2.36 bits per heavy atom. The monoisotopic (exact) mass is 156 g/mol. The summed E-state index contributed by atoms with van der Waals surface area (Å²) >= 11 is 0. The first kappa shape index (κ1) is 7.56. The predicted molar refractivity (Wildman–Crippen MR) is 42.2 cm³/mol. The van der Waals surface area contributed by atoms with Crippen molar-refractivity contribution in [3.63, 3.8) is 0 Å². The van der Waals surface area contributed by atoms with Crippen LogP contribution in [0.15, 0.2) is 0 Å². The smallest absolute Gasteiger partial charge is 0.168 e. The Balaban J connectivity index is 1.93. The average Bonchev–Trinajstić information content (AvgIpc) is 2.28. The third-order valence-corrected chi connectivity index (χ3v) is 2.74. The van der Waals surface area contributed by atoms with E-state index in [1.54, 1.807) is 0 Å². The van der Waals surface area contributed by atoms with Crippen LogP contribution in [0.3, 0.4) is 0 Å². The molecule has 0 aromatic rings. The first-order valence-corrected chi connectivity index (χ1v) is 4.54. The third-order valence-electron chi connectivity index (χ3n) is 2.74. The van der Waals surface area contributed by atoms with Crippen molar-refractivity contribution in [2.75, 3.05) is 6.61 Å². The fourth-order valence-electron chi connectivity index (χ4n) is 1.63. The number of ether oxygens (including phenoxy) is 2. The second kappa shape index (κ2) is 2.46. The highest BCUT2D eigenvalue weighted by Gasteiger charge is 2.46. The molecule has 0 bridgehead atoms. The SMILES string of the molecule is CC(C)C1COC2(CCC2)O1. The largest absolute Gasteiger partial charge is 0.347 e. The summed E-state index contributed by atoms with van der Waals surface area (Å²) in [5, 5.41) is 0. The zero-order valence-corrected chi connectivity index (χ0v) is 7.30. The van der Waals surface area contributed by atoms with Gasteiger partial charge in [-0.25, -0.2) is 0 Å². The summed E-state index contributed by atoms with van der Waals surface area (Å²) in [5.74, 6) is 0.463. The minimum Gasteiger partial charge on any atom is -0.347 e. The molecular weight excluding hydrogens is 140 g/mol. The normalized spacial score (nSPS) is 34.6. The zero-order valence-electron chi connectivity index (χ0n) is 7.30. The first-order valence-electron chi connectivity index (χ1n) is 4.54. The van der Waals surface area contributed by atoms with Crippen LogP contribution in [0, 0.1) is 5.92 Å². The summed E-state index contributed by atoms with van der Waals surface area (Å²) < 4.78 is 11.5. The minimum absolute atomic E-state index is 0.130. The van der Waals surface area contributed by atoms with Gasteiger partial charge in [-0.2, -0.15) is 0 Å². The summed E-state index contributed by atoms with van der Waals surface area (Å²) in [4.78, 5) is 0. The lowest BCUT2D eigenvalue weighted by molar-refractivity contribution is -0.218. The van der Waals surface area contributed by atoms with Gasteiger partial charge >= 0.3 is 0 Å². The Morgan fingerprint density at radius 1 is 1.36 bits per heavy atom. The van der Waals surface area contributed by atoms with Crippen LogP contribution in [-0.4, -0.2) is 18.5 Å². The summed E-state index contributed by atoms with van der Waals surface area (Å²) in [7, 11) is 0. The van der Waals surface area contributed by atoms with Crippen LogP contribution >= 0.6 is 0 Å². The van der Waals surface area contributed by atoms with Crippen molar-refractivity contribution in [3.8, 4) is 0 Å². The van der Waals surface area contributed by atoms with E-state index in [0.717, 1.165) is 19.4 Å². The highest BCUT2D eigenvalue weighted by molar-refractivity contribution is 4.87. The Bertz CT molecular complexity index is 150. The molecule has 0 aromatic carbocycles. The fourth-order valence-corrected chi connectivity index (χ4v) is 1.63. The molecule has 2 aliphatic rings. The molecule has 1 saturated carbocycles. The van der Waals surface area contributed by atoms with Gasteiger partial charge in [0.15, 0.2) is 5.79 Å². The van der Waals surface area contributed by atoms with Crippen LogP contribution in [-0.2, 0) is 9.47 Å². The lowest BCUT2D eigenvalue weighted by Gasteiger charge is -2.36. The summed E-state index contributed by atoms with van der Waals surface area (Å²) in [6.07, 6.45) is 3.83. The van der Waals surface area contributed by atoms with Crippen molar-refractivity contribution in [2.45, 2.75) is 45.0 Å². The highest BCUT2D eigenvalue weighted by Crippen LogP contribution is 2.42. The lowest BCUT2D eigenvalue weighted by atomic mass is 9.91. The zero-order chi connectivity index (χ0) is 7.90. The molecule has 64 valence electrons. The molecule has 0 amide bonds. The molecule has 2 fully saturated rings. The van der Waals surface area contributed by atoms with Gasteiger partial charge in [-0.3, -0.25) is 0 Å². The molecule has 0 aromatic heterocycles. The van der Waals surface area contributed by atoms with E-state index in [9.17, 15) is 0 Å². The van der Waals surface area contributed by atoms with E-state index in [4.69, 9.17) is 9.47 Å². The molecule has 1 aliphatic heterocycles. The van der Waals surface area contributed by atoms with Gasteiger partial charge in [0.25, 0.3) is 0 Å². The second-order valence-electron chi connectivity index (χ2n) is 3.98. The van der Waals surface area contributed by atoms with Crippen molar-refractivity contribution < 1.29 is 9.47 Å². The molecule has 2 nitrogen and oxygen atoms in total. The van der Waals surface area contributed by atoms with Gasteiger partial charge < -0.3 is 9.47 Å². The molecule has 1 heterocycles. The summed E-state index contributed by atoms with van der Waals surface area (Å²) in [6.45, 7) is 5.18. The van der Waals surface area contributed by atoms with Gasteiger partial charge in [-0.05, 0) is 12.3 Å². The van der Waals surface area contributed by atoms with Gasteiger partial charge in [0.2, 0.25) is 0 Å². The Labute approximate surface area is 67.9 Å². The predicted octanol–water partition coefficient (Wildman–Crippen LogP) is 1.94. The highest BCUT2D eigenvalue weighted by atomic mass is 16.7. The fraction of sp³-hybridized carbons (Fsp3) is 1.00. The molecule has 0 radical (unpaired) electrons. The van der Waals surface area contributed by atoms with Crippen molar-refractivity contribution in [1.29, 1.82) is 0 Å². The summed E-state index contributed by atoms with van der Waals surface area (Å²) in [5.41, 5.74) is 0. The van der Waals surface area contributed by atoms with E-state index in [1.807, 2.05) is 0 Å². The molecule has 1 aliphatic carbocycles. The van der Waals surface area contributed by atoms with E-state index in [2.05, 4.69) is 13.8 Å². The lowest BCUT2D eigenvalue weighted by Crippen LogP contribution is -2.38. The Kier molecular flexibility index (Phi) is 1.69. The maximum Gasteiger partial charge on any atom is 0.168 e. The molecule has 2 heteroatoms. The number of rotatable bonds is 1. The minimum atomic E-state index is -0.130. The van der Waals surface area contributed by atoms with Crippen LogP contribution in [0.4, 0.5) is 0 Å².